The van der Waals surface area contributed by atoms with E-state index in [0.717, 1.165) is 36.1 Å². The first-order valence-corrected chi connectivity index (χ1v) is 8.21. The minimum absolute atomic E-state index is 0.727. The fourth-order valence-electron chi connectivity index (χ4n) is 3.85. The van der Waals surface area contributed by atoms with Crippen molar-refractivity contribution in [3.8, 4) is 0 Å². The highest BCUT2D eigenvalue weighted by Crippen LogP contribution is 2.37. The van der Waals surface area contributed by atoms with Crippen LogP contribution in [0, 0.1) is 5.92 Å². The molecule has 1 aliphatic heterocycles. The van der Waals surface area contributed by atoms with E-state index in [1.807, 2.05) is 12.4 Å². The standard InChI is InChI=1S/C16H24N4/c1-2-4-15-12(3-1)7-8-20(15)16-11-17-9-14(19-16)10-18-13-5-6-13/h9,11-13,15,18H,1-8,10H2. The molecule has 2 saturated carbocycles. The van der Waals surface area contributed by atoms with Gasteiger partial charge in [0.05, 0.1) is 11.9 Å². The van der Waals surface area contributed by atoms with E-state index in [9.17, 15) is 0 Å². The van der Waals surface area contributed by atoms with Crippen LogP contribution in [0.25, 0.3) is 0 Å². The minimum atomic E-state index is 0.727. The van der Waals surface area contributed by atoms with Gasteiger partial charge in [0.25, 0.3) is 0 Å². The molecule has 4 nitrogen and oxygen atoms in total. The Morgan fingerprint density at radius 1 is 1.10 bits per heavy atom. The zero-order chi connectivity index (χ0) is 13.4. The van der Waals surface area contributed by atoms with Crippen molar-refractivity contribution in [2.24, 2.45) is 5.92 Å². The van der Waals surface area contributed by atoms with Crippen LogP contribution in [0.4, 0.5) is 5.82 Å². The van der Waals surface area contributed by atoms with Crippen molar-refractivity contribution in [1.82, 2.24) is 15.3 Å². The lowest BCUT2D eigenvalue weighted by Gasteiger charge is -2.32. The molecule has 0 radical (unpaired) electrons. The van der Waals surface area contributed by atoms with Crippen LogP contribution in [-0.4, -0.2) is 28.6 Å². The molecule has 1 aromatic rings. The molecule has 1 aromatic heterocycles. The number of hydrogen-bond donors (Lipinski definition) is 1. The van der Waals surface area contributed by atoms with Crippen LogP contribution >= 0.6 is 0 Å². The topological polar surface area (TPSA) is 41.1 Å². The molecule has 1 saturated heterocycles. The maximum absolute atomic E-state index is 4.85. The van der Waals surface area contributed by atoms with Crippen LogP contribution in [0.5, 0.6) is 0 Å². The molecule has 2 atom stereocenters. The summed E-state index contributed by atoms with van der Waals surface area (Å²) in [4.78, 5) is 11.8. The number of rotatable bonds is 4. The van der Waals surface area contributed by atoms with Gasteiger partial charge in [0, 0.05) is 31.4 Å². The summed E-state index contributed by atoms with van der Waals surface area (Å²) < 4.78 is 0. The van der Waals surface area contributed by atoms with E-state index in [0.29, 0.717) is 0 Å². The summed E-state index contributed by atoms with van der Waals surface area (Å²) in [5.74, 6) is 2.01. The van der Waals surface area contributed by atoms with Crippen LogP contribution in [0.15, 0.2) is 12.4 Å². The number of aromatic nitrogens is 2. The van der Waals surface area contributed by atoms with Gasteiger partial charge in [-0.25, -0.2) is 4.98 Å². The Hall–Kier alpha value is -1.16. The summed E-state index contributed by atoms with van der Waals surface area (Å²) in [5.41, 5.74) is 1.09. The second-order valence-electron chi connectivity index (χ2n) is 6.62. The Morgan fingerprint density at radius 3 is 2.90 bits per heavy atom. The van der Waals surface area contributed by atoms with Gasteiger partial charge in [-0.05, 0) is 38.0 Å². The Labute approximate surface area is 121 Å². The van der Waals surface area contributed by atoms with Gasteiger partial charge < -0.3 is 10.2 Å². The third-order valence-electron chi connectivity index (χ3n) is 5.13. The summed E-state index contributed by atoms with van der Waals surface area (Å²) in [6.07, 6.45) is 13.4. The van der Waals surface area contributed by atoms with Gasteiger partial charge in [-0.15, -0.1) is 0 Å². The SMILES string of the molecule is c1ncc(N2CCC3CCCCC32)nc1CNC1CC1. The molecular weight excluding hydrogens is 248 g/mol. The quantitative estimate of drug-likeness (QED) is 0.914. The smallest absolute Gasteiger partial charge is 0.147 e. The molecule has 2 unspecified atom stereocenters. The highest BCUT2D eigenvalue weighted by Gasteiger charge is 2.36. The van der Waals surface area contributed by atoms with Crippen molar-refractivity contribution in [3.05, 3.63) is 18.1 Å². The van der Waals surface area contributed by atoms with Crippen molar-refractivity contribution >= 4 is 5.82 Å². The van der Waals surface area contributed by atoms with Crippen LogP contribution in [-0.2, 0) is 6.54 Å². The first kappa shape index (κ1) is 12.6. The van der Waals surface area contributed by atoms with Crippen LogP contribution in [0.2, 0.25) is 0 Å². The lowest BCUT2D eigenvalue weighted by molar-refractivity contribution is 0.341. The maximum Gasteiger partial charge on any atom is 0.147 e. The molecule has 0 bridgehead atoms. The fraction of sp³-hybridized carbons (Fsp3) is 0.750. The second kappa shape index (κ2) is 5.32. The maximum atomic E-state index is 4.85. The lowest BCUT2D eigenvalue weighted by Crippen LogP contribution is -2.35. The molecule has 3 fully saturated rings. The molecule has 1 N–H and O–H groups in total. The van der Waals surface area contributed by atoms with E-state index in [-0.39, 0.29) is 0 Å². The van der Waals surface area contributed by atoms with Gasteiger partial charge in [-0.2, -0.15) is 0 Å². The summed E-state index contributed by atoms with van der Waals surface area (Å²) in [7, 11) is 0. The Bertz CT molecular complexity index is 471. The molecule has 20 heavy (non-hydrogen) atoms. The number of anilines is 1. The van der Waals surface area contributed by atoms with Crippen molar-refractivity contribution < 1.29 is 0 Å². The zero-order valence-electron chi connectivity index (χ0n) is 12.1. The summed E-state index contributed by atoms with van der Waals surface area (Å²) in [5, 5.41) is 3.53. The Kier molecular flexibility index (Phi) is 3.34. The molecular formula is C16H24N4. The molecule has 0 spiro atoms. The van der Waals surface area contributed by atoms with E-state index in [1.54, 1.807) is 0 Å². The van der Waals surface area contributed by atoms with Gasteiger partial charge >= 0.3 is 0 Å². The van der Waals surface area contributed by atoms with Gasteiger partial charge in [0.15, 0.2) is 0 Å². The first-order valence-electron chi connectivity index (χ1n) is 8.21. The molecule has 3 aliphatic rings. The van der Waals surface area contributed by atoms with Crippen molar-refractivity contribution in [1.29, 1.82) is 0 Å². The van der Waals surface area contributed by atoms with E-state index in [2.05, 4.69) is 15.2 Å². The fourth-order valence-corrected chi connectivity index (χ4v) is 3.85. The van der Waals surface area contributed by atoms with Crippen LogP contribution in [0.1, 0.15) is 50.6 Å². The summed E-state index contributed by atoms with van der Waals surface area (Å²) in [6.45, 7) is 2.04. The first-order chi connectivity index (χ1) is 9.90. The van der Waals surface area contributed by atoms with Gasteiger partial charge in [-0.1, -0.05) is 12.8 Å². The van der Waals surface area contributed by atoms with E-state index in [4.69, 9.17) is 4.98 Å². The highest BCUT2D eigenvalue weighted by molar-refractivity contribution is 5.40. The molecule has 4 heteroatoms. The predicted octanol–water partition coefficient (Wildman–Crippen LogP) is 2.50. The normalized spacial score (nSPS) is 29.5. The molecule has 108 valence electrons. The zero-order valence-corrected chi connectivity index (χ0v) is 12.1. The van der Waals surface area contributed by atoms with Crippen molar-refractivity contribution in [3.63, 3.8) is 0 Å². The van der Waals surface area contributed by atoms with E-state index in [1.165, 1.54) is 51.5 Å². The third kappa shape index (κ3) is 2.53. The van der Waals surface area contributed by atoms with Gasteiger partial charge in [-0.3, -0.25) is 4.98 Å². The minimum Gasteiger partial charge on any atom is -0.352 e. The monoisotopic (exact) mass is 272 g/mol. The average molecular weight is 272 g/mol. The summed E-state index contributed by atoms with van der Waals surface area (Å²) in [6, 6.07) is 1.46. The van der Waals surface area contributed by atoms with Crippen molar-refractivity contribution in [2.45, 2.75) is 63.6 Å². The largest absolute Gasteiger partial charge is 0.352 e. The Balaban J connectivity index is 1.47. The van der Waals surface area contributed by atoms with E-state index >= 15 is 0 Å². The van der Waals surface area contributed by atoms with Crippen LogP contribution < -0.4 is 10.2 Å². The number of nitrogens with one attached hydrogen (secondary N) is 1. The molecule has 2 heterocycles. The number of nitrogens with zero attached hydrogens (tertiary/aromatic N) is 3. The van der Waals surface area contributed by atoms with Crippen molar-refractivity contribution in [2.75, 3.05) is 11.4 Å². The average Bonchev–Trinajstić information content (AvgIpc) is 3.23. The molecule has 4 rings (SSSR count). The molecule has 0 aromatic carbocycles. The predicted molar refractivity (Wildman–Crippen MR) is 79.6 cm³/mol. The third-order valence-corrected chi connectivity index (χ3v) is 5.13. The van der Waals surface area contributed by atoms with Crippen LogP contribution in [0.3, 0.4) is 0 Å². The van der Waals surface area contributed by atoms with E-state index < -0.39 is 0 Å². The van der Waals surface area contributed by atoms with Gasteiger partial charge in [0.2, 0.25) is 0 Å². The molecule has 0 amide bonds. The Morgan fingerprint density at radius 2 is 2.00 bits per heavy atom. The summed E-state index contributed by atoms with van der Waals surface area (Å²) >= 11 is 0. The molecule has 2 aliphatic carbocycles. The highest BCUT2D eigenvalue weighted by atomic mass is 15.2. The lowest BCUT2D eigenvalue weighted by atomic mass is 9.85. The number of hydrogen-bond acceptors (Lipinski definition) is 4. The number of fused-ring (bicyclic) bond motifs is 1. The van der Waals surface area contributed by atoms with Gasteiger partial charge in [0.1, 0.15) is 5.82 Å². The second-order valence-corrected chi connectivity index (χ2v) is 6.62.